The molecule has 0 N–H and O–H groups in total. The number of carbonyl (C=O) groups is 1. The van der Waals surface area contributed by atoms with Crippen LogP contribution in [0.4, 0.5) is 10.1 Å². The Kier molecular flexibility index (Phi) is 4.44. The number of benzene rings is 2. The highest BCUT2D eigenvalue weighted by Crippen LogP contribution is 2.36. The van der Waals surface area contributed by atoms with E-state index in [4.69, 9.17) is 16.6 Å². The number of halogens is 1. The van der Waals surface area contributed by atoms with Crippen molar-refractivity contribution in [1.82, 2.24) is 0 Å². The second-order valence-corrected chi connectivity index (χ2v) is 7.24. The van der Waals surface area contributed by atoms with Crippen LogP contribution in [0.5, 0.6) is 0 Å². The molecule has 0 saturated carbocycles. The molecule has 6 heteroatoms. The summed E-state index contributed by atoms with van der Waals surface area (Å²) in [4.78, 5) is 14.7. The van der Waals surface area contributed by atoms with Gasteiger partial charge >= 0.3 is 0 Å². The summed E-state index contributed by atoms with van der Waals surface area (Å²) in [5, 5.41) is 0. The first-order chi connectivity index (χ1) is 12.6. The fourth-order valence-electron chi connectivity index (χ4n) is 2.60. The van der Waals surface area contributed by atoms with Gasteiger partial charge in [0.25, 0.3) is 5.91 Å². The van der Waals surface area contributed by atoms with Gasteiger partial charge in [-0.1, -0.05) is 42.2 Å². The number of hydrogen-bond donors (Lipinski definition) is 0. The van der Waals surface area contributed by atoms with Gasteiger partial charge in [0.15, 0.2) is 4.32 Å². The van der Waals surface area contributed by atoms with E-state index in [0.29, 0.717) is 20.7 Å². The number of hydrogen-bond acceptors (Lipinski definition) is 4. The van der Waals surface area contributed by atoms with Gasteiger partial charge in [0, 0.05) is 11.6 Å². The lowest BCUT2D eigenvalue weighted by molar-refractivity contribution is -0.113. The molecule has 0 bridgehead atoms. The Morgan fingerprint density at radius 3 is 2.46 bits per heavy atom. The largest absolute Gasteiger partial charge is 0.457 e. The number of carbonyl (C=O) groups excluding carboxylic acids is 1. The molecule has 1 aromatic heterocycles. The average Bonchev–Trinajstić information content (AvgIpc) is 3.21. The van der Waals surface area contributed by atoms with Crippen molar-refractivity contribution in [3.63, 3.8) is 0 Å². The quantitative estimate of drug-likeness (QED) is 0.444. The Balaban J connectivity index is 1.60. The zero-order chi connectivity index (χ0) is 18.1. The Hall–Kier alpha value is -2.70. The minimum Gasteiger partial charge on any atom is -0.457 e. The van der Waals surface area contributed by atoms with Crippen molar-refractivity contribution in [2.24, 2.45) is 0 Å². The van der Waals surface area contributed by atoms with Crippen LogP contribution < -0.4 is 4.90 Å². The van der Waals surface area contributed by atoms with Crippen LogP contribution in [-0.2, 0) is 4.79 Å². The van der Waals surface area contributed by atoms with E-state index < -0.39 is 0 Å². The van der Waals surface area contributed by atoms with E-state index in [1.807, 2.05) is 30.3 Å². The molecule has 1 fully saturated rings. The van der Waals surface area contributed by atoms with Gasteiger partial charge in [-0.25, -0.2) is 4.39 Å². The van der Waals surface area contributed by atoms with E-state index in [2.05, 4.69) is 0 Å². The normalized spacial score (nSPS) is 15.9. The van der Waals surface area contributed by atoms with Crippen molar-refractivity contribution in [2.45, 2.75) is 0 Å². The van der Waals surface area contributed by atoms with Crippen molar-refractivity contribution >= 4 is 46.0 Å². The summed E-state index contributed by atoms with van der Waals surface area (Å²) in [6, 6.07) is 18.9. The second-order valence-electron chi connectivity index (χ2n) is 5.56. The standard InChI is InChI=1S/C20H12FNO2S2/c21-14-8-6-13(7-9-14)17-11-10-16(24-17)12-18-19(23)22(20(25)26-18)15-4-2-1-3-5-15/h1-12H/b18-12-. The lowest BCUT2D eigenvalue weighted by Crippen LogP contribution is -2.27. The van der Waals surface area contributed by atoms with Gasteiger partial charge in [-0.05, 0) is 48.5 Å². The molecule has 0 unspecified atom stereocenters. The molecule has 1 amide bonds. The maximum absolute atomic E-state index is 13.0. The first-order valence-electron chi connectivity index (χ1n) is 7.80. The summed E-state index contributed by atoms with van der Waals surface area (Å²) in [5.74, 6) is 0.670. The van der Waals surface area contributed by atoms with Gasteiger partial charge in [-0.15, -0.1) is 0 Å². The molecule has 0 atom stereocenters. The van der Waals surface area contributed by atoms with Crippen molar-refractivity contribution in [3.8, 4) is 11.3 Å². The summed E-state index contributed by atoms with van der Waals surface area (Å²) < 4.78 is 19.3. The van der Waals surface area contributed by atoms with Crippen LogP contribution in [-0.4, -0.2) is 10.2 Å². The summed E-state index contributed by atoms with van der Waals surface area (Å²) in [6.45, 7) is 0. The molecule has 2 aromatic carbocycles. The number of thioether (sulfide) groups is 1. The third kappa shape index (κ3) is 3.21. The molecule has 4 rings (SSSR count). The highest BCUT2D eigenvalue weighted by atomic mass is 32.2. The fourth-order valence-corrected chi connectivity index (χ4v) is 3.88. The smallest absolute Gasteiger partial charge is 0.270 e. The third-order valence-corrected chi connectivity index (χ3v) is 5.14. The Labute approximate surface area is 159 Å². The number of rotatable bonds is 3. The lowest BCUT2D eigenvalue weighted by Gasteiger charge is -2.13. The van der Waals surface area contributed by atoms with Gasteiger partial charge in [0.2, 0.25) is 0 Å². The summed E-state index contributed by atoms with van der Waals surface area (Å²) in [6.07, 6.45) is 1.68. The number of amides is 1. The van der Waals surface area contributed by atoms with Gasteiger partial charge in [-0.3, -0.25) is 9.69 Å². The molecule has 0 spiro atoms. The third-order valence-electron chi connectivity index (χ3n) is 3.84. The molecule has 1 aliphatic rings. The molecular weight excluding hydrogens is 369 g/mol. The highest BCUT2D eigenvalue weighted by Gasteiger charge is 2.33. The number of thiocarbonyl (C=S) groups is 1. The number of anilines is 1. The van der Waals surface area contributed by atoms with Crippen LogP contribution in [0.2, 0.25) is 0 Å². The molecule has 26 heavy (non-hydrogen) atoms. The summed E-state index contributed by atoms with van der Waals surface area (Å²) >= 11 is 6.59. The highest BCUT2D eigenvalue weighted by molar-refractivity contribution is 8.27. The number of para-hydroxylation sites is 1. The second kappa shape index (κ2) is 6.90. The van der Waals surface area contributed by atoms with Crippen LogP contribution in [0.1, 0.15) is 5.76 Å². The molecule has 128 valence electrons. The van der Waals surface area contributed by atoms with E-state index in [9.17, 15) is 9.18 Å². The lowest BCUT2D eigenvalue weighted by atomic mass is 10.2. The van der Waals surface area contributed by atoms with E-state index in [1.54, 1.807) is 30.3 Å². The van der Waals surface area contributed by atoms with E-state index in [0.717, 1.165) is 11.3 Å². The Bertz CT molecular complexity index is 1010. The van der Waals surface area contributed by atoms with Crippen molar-refractivity contribution in [2.75, 3.05) is 4.90 Å². The number of furan rings is 1. The summed E-state index contributed by atoms with van der Waals surface area (Å²) in [5.41, 5.74) is 1.51. The SMILES string of the molecule is O=C1/C(=C/c2ccc(-c3ccc(F)cc3)o2)SC(=S)N1c1ccccc1. The van der Waals surface area contributed by atoms with Gasteiger partial charge in [-0.2, -0.15) is 0 Å². The zero-order valence-electron chi connectivity index (χ0n) is 13.4. The summed E-state index contributed by atoms with van der Waals surface area (Å²) in [7, 11) is 0. The molecule has 3 aromatic rings. The molecular formula is C20H12FNO2S2. The predicted octanol–water partition coefficient (Wildman–Crippen LogP) is 5.49. The topological polar surface area (TPSA) is 33.5 Å². The van der Waals surface area contributed by atoms with Gasteiger partial charge < -0.3 is 4.42 Å². The molecule has 0 radical (unpaired) electrons. The maximum atomic E-state index is 13.0. The van der Waals surface area contributed by atoms with Crippen molar-refractivity contribution < 1.29 is 13.6 Å². The van der Waals surface area contributed by atoms with Crippen molar-refractivity contribution in [1.29, 1.82) is 0 Å². The first kappa shape index (κ1) is 16.8. The molecule has 1 aliphatic heterocycles. The molecule has 0 aliphatic carbocycles. The van der Waals surface area contributed by atoms with Crippen LogP contribution in [0.25, 0.3) is 17.4 Å². The molecule has 1 saturated heterocycles. The van der Waals surface area contributed by atoms with Crippen LogP contribution in [0.15, 0.2) is 76.1 Å². The van der Waals surface area contributed by atoms with E-state index in [-0.39, 0.29) is 11.7 Å². The minimum absolute atomic E-state index is 0.175. The monoisotopic (exact) mass is 381 g/mol. The fraction of sp³-hybridized carbons (Fsp3) is 0. The van der Waals surface area contributed by atoms with Crippen LogP contribution in [0, 0.1) is 5.82 Å². The number of nitrogens with zero attached hydrogens (tertiary/aromatic N) is 1. The minimum atomic E-state index is -0.301. The average molecular weight is 381 g/mol. The van der Waals surface area contributed by atoms with Crippen LogP contribution in [0.3, 0.4) is 0 Å². The molecule has 3 nitrogen and oxygen atoms in total. The van der Waals surface area contributed by atoms with E-state index >= 15 is 0 Å². The first-order valence-corrected chi connectivity index (χ1v) is 9.03. The Morgan fingerprint density at radius 2 is 1.73 bits per heavy atom. The molecule has 2 heterocycles. The zero-order valence-corrected chi connectivity index (χ0v) is 15.0. The maximum Gasteiger partial charge on any atom is 0.270 e. The van der Waals surface area contributed by atoms with Gasteiger partial charge in [0.05, 0.1) is 10.6 Å². The Morgan fingerprint density at radius 1 is 1.00 bits per heavy atom. The predicted molar refractivity (Wildman–Crippen MR) is 106 cm³/mol. The van der Waals surface area contributed by atoms with Crippen LogP contribution >= 0.6 is 24.0 Å². The van der Waals surface area contributed by atoms with Gasteiger partial charge in [0.1, 0.15) is 17.3 Å². The van der Waals surface area contributed by atoms with Crippen molar-refractivity contribution in [3.05, 3.63) is 83.2 Å². The van der Waals surface area contributed by atoms with E-state index in [1.165, 1.54) is 28.8 Å².